The summed E-state index contributed by atoms with van der Waals surface area (Å²) in [6.45, 7) is 0.247. The zero-order valence-electron chi connectivity index (χ0n) is 13.1. The van der Waals surface area contributed by atoms with E-state index < -0.39 is 11.9 Å². The second-order valence-corrected chi connectivity index (χ2v) is 5.84. The van der Waals surface area contributed by atoms with Gasteiger partial charge in [-0.25, -0.2) is 0 Å². The first-order valence-electron chi connectivity index (χ1n) is 7.49. The summed E-state index contributed by atoms with van der Waals surface area (Å²) in [4.78, 5) is 26.2. The molecule has 5 nitrogen and oxygen atoms in total. The molecule has 1 aliphatic rings. The molecule has 1 heterocycles. The minimum atomic E-state index is -0.543. The number of amides is 1. The van der Waals surface area contributed by atoms with Crippen LogP contribution in [-0.2, 0) is 9.59 Å². The lowest BCUT2D eigenvalue weighted by atomic mass is 10.1. The Balaban J connectivity index is 1.74. The van der Waals surface area contributed by atoms with Crippen molar-refractivity contribution >= 4 is 29.2 Å². The van der Waals surface area contributed by atoms with Crippen molar-refractivity contribution in [1.29, 1.82) is 0 Å². The number of halogens is 1. The van der Waals surface area contributed by atoms with E-state index in [0.29, 0.717) is 22.2 Å². The first kappa shape index (κ1) is 16.3. The summed E-state index contributed by atoms with van der Waals surface area (Å²) in [6.07, 6.45) is 0.0964. The van der Waals surface area contributed by atoms with Gasteiger partial charge in [-0.1, -0.05) is 35.9 Å². The van der Waals surface area contributed by atoms with E-state index in [2.05, 4.69) is 0 Å². The number of rotatable bonds is 4. The first-order chi connectivity index (χ1) is 11.6. The maximum absolute atomic E-state index is 12.4. The van der Waals surface area contributed by atoms with Gasteiger partial charge < -0.3 is 14.4 Å². The lowest BCUT2D eigenvalue weighted by Gasteiger charge is -2.18. The van der Waals surface area contributed by atoms with Crippen molar-refractivity contribution in [2.45, 2.75) is 6.42 Å². The summed E-state index contributed by atoms with van der Waals surface area (Å²) < 4.78 is 10.6. The Morgan fingerprint density at radius 2 is 1.79 bits per heavy atom. The van der Waals surface area contributed by atoms with Gasteiger partial charge in [0.1, 0.15) is 0 Å². The molecule has 6 heteroatoms. The molecule has 124 valence electrons. The Kier molecular flexibility index (Phi) is 4.71. The molecule has 0 unspecified atom stereocenters. The van der Waals surface area contributed by atoms with E-state index in [-0.39, 0.29) is 18.9 Å². The molecule has 1 saturated heterocycles. The standard InChI is InChI=1S/C18H16ClNO4/c1-23-15-8-4-5-9-16(15)24-18(22)12-10-17(21)20(11-12)14-7-3-2-6-13(14)19/h2-9,12H,10-11H2,1H3/t12-/m0/s1. The van der Waals surface area contributed by atoms with E-state index in [4.69, 9.17) is 21.1 Å². The predicted octanol–water partition coefficient (Wildman–Crippen LogP) is 3.31. The van der Waals surface area contributed by atoms with Crippen LogP contribution in [0.5, 0.6) is 11.5 Å². The number of anilines is 1. The normalized spacial score (nSPS) is 17.0. The van der Waals surface area contributed by atoms with Crippen molar-refractivity contribution in [3.8, 4) is 11.5 Å². The highest BCUT2D eigenvalue weighted by Gasteiger charge is 2.37. The molecule has 0 aromatic heterocycles. The van der Waals surface area contributed by atoms with Crippen molar-refractivity contribution < 1.29 is 19.1 Å². The Morgan fingerprint density at radius 3 is 2.50 bits per heavy atom. The number of para-hydroxylation sites is 3. The molecule has 1 fully saturated rings. The molecule has 0 radical (unpaired) electrons. The van der Waals surface area contributed by atoms with Gasteiger partial charge >= 0.3 is 5.97 Å². The van der Waals surface area contributed by atoms with Gasteiger partial charge in [-0.3, -0.25) is 9.59 Å². The van der Waals surface area contributed by atoms with Crippen LogP contribution in [0.3, 0.4) is 0 Å². The monoisotopic (exact) mass is 345 g/mol. The summed E-state index contributed by atoms with van der Waals surface area (Å²) >= 11 is 6.14. The fourth-order valence-electron chi connectivity index (χ4n) is 2.66. The summed E-state index contributed by atoms with van der Waals surface area (Å²) in [5, 5.41) is 0.476. The summed E-state index contributed by atoms with van der Waals surface area (Å²) in [7, 11) is 1.50. The fourth-order valence-corrected chi connectivity index (χ4v) is 2.90. The largest absolute Gasteiger partial charge is 0.493 e. The summed E-state index contributed by atoms with van der Waals surface area (Å²) in [5.41, 5.74) is 0.608. The van der Waals surface area contributed by atoms with Gasteiger partial charge in [-0.15, -0.1) is 0 Å². The van der Waals surface area contributed by atoms with Gasteiger partial charge in [0.05, 0.1) is 23.7 Å². The number of hydrogen-bond acceptors (Lipinski definition) is 4. The number of hydrogen-bond donors (Lipinski definition) is 0. The van der Waals surface area contributed by atoms with Crippen molar-refractivity contribution in [3.05, 3.63) is 53.6 Å². The van der Waals surface area contributed by atoms with Crippen molar-refractivity contribution in [3.63, 3.8) is 0 Å². The third-order valence-electron chi connectivity index (χ3n) is 3.88. The van der Waals surface area contributed by atoms with Crippen molar-refractivity contribution in [1.82, 2.24) is 0 Å². The van der Waals surface area contributed by atoms with E-state index in [9.17, 15) is 9.59 Å². The molecule has 0 aliphatic carbocycles. The number of methoxy groups -OCH3 is 1. The number of carbonyl (C=O) groups excluding carboxylic acids is 2. The van der Waals surface area contributed by atoms with Crippen LogP contribution in [0.15, 0.2) is 48.5 Å². The van der Waals surface area contributed by atoms with Gasteiger partial charge in [-0.2, -0.15) is 0 Å². The highest BCUT2D eigenvalue weighted by atomic mass is 35.5. The molecular formula is C18H16ClNO4. The van der Waals surface area contributed by atoms with Crippen LogP contribution in [0.4, 0.5) is 5.69 Å². The maximum atomic E-state index is 12.4. The molecule has 1 atom stereocenters. The Morgan fingerprint density at radius 1 is 1.12 bits per heavy atom. The quantitative estimate of drug-likeness (QED) is 0.630. The van der Waals surface area contributed by atoms with Crippen LogP contribution in [0.1, 0.15) is 6.42 Å². The van der Waals surface area contributed by atoms with Crippen LogP contribution < -0.4 is 14.4 Å². The molecule has 3 rings (SSSR count). The number of nitrogens with zero attached hydrogens (tertiary/aromatic N) is 1. The fraction of sp³-hybridized carbons (Fsp3) is 0.222. The lowest BCUT2D eigenvalue weighted by molar-refractivity contribution is -0.139. The molecule has 2 aromatic rings. The van der Waals surface area contributed by atoms with Crippen LogP contribution in [0.25, 0.3) is 0 Å². The minimum Gasteiger partial charge on any atom is -0.493 e. The molecule has 24 heavy (non-hydrogen) atoms. The molecule has 0 saturated carbocycles. The molecule has 0 bridgehead atoms. The Bertz CT molecular complexity index is 777. The van der Waals surface area contributed by atoms with Gasteiger partial charge in [0.2, 0.25) is 5.91 Å². The third-order valence-corrected chi connectivity index (χ3v) is 4.20. The summed E-state index contributed by atoms with van der Waals surface area (Å²) in [5.74, 6) is -0.335. The average molecular weight is 346 g/mol. The maximum Gasteiger partial charge on any atom is 0.316 e. The second-order valence-electron chi connectivity index (χ2n) is 5.43. The topological polar surface area (TPSA) is 55.8 Å². The Labute approximate surface area is 144 Å². The van der Waals surface area contributed by atoms with E-state index >= 15 is 0 Å². The molecule has 1 aliphatic heterocycles. The van der Waals surface area contributed by atoms with E-state index in [1.165, 1.54) is 12.0 Å². The predicted molar refractivity (Wildman–Crippen MR) is 90.5 cm³/mol. The lowest BCUT2D eigenvalue weighted by Crippen LogP contribution is -2.27. The number of benzene rings is 2. The third kappa shape index (κ3) is 3.21. The molecule has 0 N–H and O–H groups in total. The van der Waals surface area contributed by atoms with Crippen molar-refractivity contribution in [2.24, 2.45) is 5.92 Å². The van der Waals surface area contributed by atoms with Crippen molar-refractivity contribution in [2.75, 3.05) is 18.6 Å². The smallest absolute Gasteiger partial charge is 0.316 e. The van der Waals surface area contributed by atoms with Crippen LogP contribution >= 0.6 is 11.6 Å². The van der Waals surface area contributed by atoms with Crippen LogP contribution in [-0.4, -0.2) is 25.5 Å². The Hall–Kier alpha value is -2.53. The zero-order valence-corrected chi connectivity index (χ0v) is 13.8. The van der Waals surface area contributed by atoms with E-state index in [1.54, 1.807) is 48.5 Å². The average Bonchev–Trinajstić information content (AvgIpc) is 2.97. The highest BCUT2D eigenvalue weighted by molar-refractivity contribution is 6.33. The zero-order chi connectivity index (χ0) is 17.1. The van der Waals surface area contributed by atoms with Gasteiger partial charge in [0, 0.05) is 13.0 Å². The van der Waals surface area contributed by atoms with E-state index in [1.807, 2.05) is 0 Å². The van der Waals surface area contributed by atoms with Crippen LogP contribution in [0, 0.1) is 5.92 Å². The molecule has 0 spiro atoms. The molecule has 2 aromatic carbocycles. The van der Waals surface area contributed by atoms with Gasteiger partial charge in [-0.05, 0) is 24.3 Å². The highest BCUT2D eigenvalue weighted by Crippen LogP contribution is 2.32. The van der Waals surface area contributed by atoms with Gasteiger partial charge in [0.25, 0.3) is 0 Å². The summed E-state index contributed by atoms with van der Waals surface area (Å²) in [6, 6.07) is 14.0. The molecule has 1 amide bonds. The van der Waals surface area contributed by atoms with Gasteiger partial charge in [0.15, 0.2) is 11.5 Å². The number of carbonyl (C=O) groups is 2. The SMILES string of the molecule is COc1ccccc1OC(=O)[C@H]1CC(=O)N(c2ccccc2Cl)C1. The minimum absolute atomic E-state index is 0.0964. The number of ether oxygens (including phenoxy) is 2. The first-order valence-corrected chi connectivity index (χ1v) is 7.87. The second kappa shape index (κ2) is 6.93. The van der Waals surface area contributed by atoms with Crippen LogP contribution in [0.2, 0.25) is 5.02 Å². The number of esters is 1. The van der Waals surface area contributed by atoms with E-state index in [0.717, 1.165) is 0 Å². The molecular weight excluding hydrogens is 330 g/mol.